The van der Waals surface area contributed by atoms with E-state index in [9.17, 15) is 18.0 Å². The summed E-state index contributed by atoms with van der Waals surface area (Å²) in [7, 11) is 0. The third kappa shape index (κ3) is 5.10. The normalized spacial score (nSPS) is 11.7. The Morgan fingerprint density at radius 1 is 0.821 bits per heavy atom. The zero-order chi connectivity index (χ0) is 20.0. The van der Waals surface area contributed by atoms with Crippen LogP contribution in [0.4, 0.5) is 13.2 Å². The van der Waals surface area contributed by atoms with Crippen molar-refractivity contribution in [1.82, 2.24) is 5.32 Å². The molecule has 0 saturated carbocycles. The second-order valence-corrected chi connectivity index (χ2v) is 6.22. The molecule has 3 aromatic carbocycles. The van der Waals surface area contributed by atoms with E-state index in [2.05, 4.69) is 5.32 Å². The van der Waals surface area contributed by atoms with Crippen molar-refractivity contribution in [2.75, 3.05) is 0 Å². The summed E-state index contributed by atoms with van der Waals surface area (Å²) in [6.45, 7) is 0. The highest BCUT2D eigenvalue weighted by Gasteiger charge is 2.30. The van der Waals surface area contributed by atoms with Crippen LogP contribution in [0.15, 0.2) is 91.0 Å². The zero-order valence-corrected chi connectivity index (χ0v) is 14.9. The van der Waals surface area contributed by atoms with E-state index in [-0.39, 0.29) is 6.04 Å². The van der Waals surface area contributed by atoms with Gasteiger partial charge in [0, 0.05) is 6.08 Å². The molecule has 0 spiro atoms. The summed E-state index contributed by atoms with van der Waals surface area (Å²) >= 11 is 0. The van der Waals surface area contributed by atoms with E-state index in [1.54, 1.807) is 0 Å². The van der Waals surface area contributed by atoms with E-state index in [0.29, 0.717) is 5.56 Å². The Kier molecular flexibility index (Phi) is 5.94. The molecule has 0 aromatic heterocycles. The minimum absolute atomic E-state index is 0.306. The standard InChI is InChI=1S/C23H18F3NO/c24-23(25,26)20-13-7-8-17(16-20)14-15-21(28)27-22(18-9-3-1-4-10-18)19-11-5-2-6-12-19/h1-16,22H,(H,27,28). The summed E-state index contributed by atoms with van der Waals surface area (Å²) < 4.78 is 38.4. The van der Waals surface area contributed by atoms with Crippen LogP contribution in [0.5, 0.6) is 0 Å². The molecule has 1 amide bonds. The molecule has 2 nitrogen and oxygen atoms in total. The maximum Gasteiger partial charge on any atom is 0.416 e. The SMILES string of the molecule is O=C(C=Cc1cccc(C(F)(F)F)c1)NC(c1ccccc1)c1ccccc1. The Balaban J connectivity index is 1.79. The monoisotopic (exact) mass is 381 g/mol. The number of hydrogen-bond donors (Lipinski definition) is 1. The van der Waals surface area contributed by atoms with Crippen LogP contribution in [0, 0.1) is 0 Å². The first kappa shape index (κ1) is 19.4. The molecule has 3 rings (SSSR count). The smallest absolute Gasteiger partial charge is 0.342 e. The number of nitrogens with one attached hydrogen (secondary N) is 1. The number of carbonyl (C=O) groups excluding carboxylic acids is 1. The van der Waals surface area contributed by atoms with Gasteiger partial charge in [0.05, 0.1) is 11.6 Å². The largest absolute Gasteiger partial charge is 0.416 e. The molecule has 142 valence electrons. The average Bonchev–Trinajstić information content (AvgIpc) is 2.71. The topological polar surface area (TPSA) is 29.1 Å². The van der Waals surface area contributed by atoms with Crippen LogP contribution in [-0.2, 0) is 11.0 Å². The minimum Gasteiger partial charge on any atom is -0.342 e. The molecular formula is C23H18F3NO. The predicted octanol–water partition coefficient (Wildman–Crippen LogP) is 5.62. The van der Waals surface area contributed by atoms with Crippen molar-refractivity contribution in [3.8, 4) is 0 Å². The molecule has 28 heavy (non-hydrogen) atoms. The molecule has 0 saturated heterocycles. The number of benzene rings is 3. The first-order chi connectivity index (χ1) is 13.4. The summed E-state index contributed by atoms with van der Waals surface area (Å²) in [5, 5.41) is 2.92. The van der Waals surface area contributed by atoms with Gasteiger partial charge in [-0.05, 0) is 34.9 Å². The quantitative estimate of drug-likeness (QED) is 0.571. The Bertz CT molecular complexity index is 911. The van der Waals surface area contributed by atoms with Crippen molar-refractivity contribution in [2.24, 2.45) is 0 Å². The van der Waals surface area contributed by atoms with Crippen molar-refractivity contribution >= 4 is 12.0 Å². The molecule has 0 aliphatic carbocycles. The molecule has 0 bridgehead atoms. The Labute approximate surface area is 161 Å². The highest BCUT2D eigenvalue weighted by molar-refractivity contribution is 5.92. The van der Waals surface area contributed by atoms with Crippen LogP contribution in [0.1, 0.15) is 28.3 Å². The van der Waals surface area contributed by atoms with Crippen LogP contribution in [-0.4, -0.2) is 5.91 Å². The molecule has 0 fully saturated rings. The molecule has 3 aromatic rings. The summed E-state index contributed by atoms with van der Waals surface area (Å²) in [5.74, 6) is -0.393. The fourth-order valence-corrected chi connectivity index (χ4v) is 2.83. The van der Waals surface area contributed by atoms with Crippen LogP contribution in [0.2, 0.25) is 0 Å². The van der Waals surface area contributed by atoms with Gasteiger partial charge in [-0.15, -0.1) is 0 Å². The molecule has 0 aliphatic heterocycles. The Hall–Kier alpha value is -3.34. The molecule has 0 aliphatic rings. The molecule has 0 radical (unpaired) electrons. The average molecular weight is 381 g/mol. The Morgan fingerprint density at radius 2 is 1.39 bits per heavy atom. The number of rotatable bonds is 5. The second kappa shape index (κ2) is 8.57. The lowest BCUT2D eigenvalue weighted by molar-refractivity contribution is -0.137. The first-order valence-corrected chi connectivity index (χ1v) is 8.69. The van der Waals surface area contributed by atoms with Crippen molar-refractivity contribution in [2.45, 2.75) is 12.2 Å². The molecule has 1 N–H and O–H groups in total. The van der Waals surface area contributed by atoms with Crippen molar-refractivity contribution in [3.05, 3.63) is 113 Å². The van der Waals surface area contributed by atoms with Crippen LogP contribution >= 0.6 is 0 Å². The maximum absolute atomic E-state index is 12.8. The molecule has 5 heteroatoms. The number of halogens is 3. The van der Waals surface area contributed by atoms with Crippen LogP contribution in [0.3, 0.4) is 0 Å². The van der Waals surface area contributed by atoms with E-state index < -0.39 is 17.6 Å². The van der Waals surface area contributed by atoms with E-state index in [4.69, 9.17) is 0 Å². The van der Waals surface area contributed by atoms with Crippen molar-refractivity contribution in [3.63, 3.8) is 0 Å². The van der Waals surface area contributed by atoms with Gasteiger partial charge in [-0.2, -0.15) is 13.2 Å². The molecule has 0 atom stereocenters. The number of amides is 1. The van der Waals surface area contributed by atoms with E-state index >= 15 is 0 Å². The van der Waals surface area contributed by atoms with Gasteiger partial charge in [0.15, 0.2) is 0 Å². The van der Waals surface area contributed by atoms with Gasteiger partial charge < -0.3 is 5.32 Å². The molecule has 0 heterocycles. The first-order valence-electron chi connectivity index (χ1n) is 8.69. The number of hydrogen-bond acceptors (Lipinski definition) is 1. The lowest BCUT2D eigenvalue weighted by Crippen LogP contribution is -2.27. The summed E-state index contributed by atoms with van der Waals surface area (Å²) in [4.78, 5) is 12.4. The van der Waals surface area contributed by atoms with Crippen LogP contribution in [0.25, 0.3) is 6.08 Å². The van der Waals surface area contributed by atoms with E-state index in [0.717, 1.165) is 23.3 Å². The summed E-state index contributed by atoms with van der Waals surface area (Å²) in [6, 6.07) is 23.4. The van der Waals surface area contributed by atoms with Gasteiger partial charge in [-0.1, -0.05) is 72.8 Å². The fraction of sp³-hybridized carbons (Fsp3) is 0.0870. The van der Waals surface area contributed by atoms with Crippen LogP contribution < -0.4 is 5.32 Å². The van der Waals surface area contributed by atoms with Gasteiger partial charge in [-0.3, -0.25) is 4.79 Å². The maximum atomic E-state index is 12.8. The van der Waals surface area contributed by atoms with Gasteiger partial charge in [-0.25, -0.2) is 0 Å². The highest BCUT2D eigenvalue weighted by atomic mass is 19.4. The van der Waals surface area contributed by atoms with Crippen molar-refractivity contribution < 1.29 is 18.0 Å². The minimum atomic E-state index is -4.42. The highest BCUT2D eigenvalue weighted by Crippen LogP contribution is 2.29. The van der Waals surface area contributed by atoms with Gasteiger partial charge >= 0.3 is 6.18 Å². The fourth-order valence-electron chi connectivity index (χ4n) is 2.83. The molecular weight excluding hydrogens is 363 g/mol. The summed E-state index contributed by atoms with van der Waals surface area (Å²) in [6.07, 6.45) is -1.80. The third-order valence-corrected chi connectivity index (χ3v) is 4.19. The van der Waals surface area contributed by atoms with Gasteiger partial charge in [0.1, 0.15) is 0 Å². The zero-order valence-electron chi connectivity index (χ0n) is 14.9. The van der Waals surface area contributed by atoms with Gasteiger partial charge in [0.2, 0.25) is 5.91 Å². The molecule has 0 unspecified atom stereocenters. The number of alkyl halides is 3. The van der Waals surface area contributed by atoms with Crippen molar-refractivity contribution in [1.29, 1.82) is 0 Å². The predicted molar refractivity (Wildman–Crippen MR) is 103 cm³/mol. The second-order valence-electron chi connectivity index (χ2n) is 6.22. The third-order valence-electron chi connectivity index (χ3n) is 4.19. The van der Waals surface area contributed by atoms with E-state index in [1.165, 1.54) is 24.3 Å². The Morgan fingerprint density at radius 3 is 1.93 bits per heavy atom. The lowest BCUT2D eigenvalue weighted by Gasteiger charge is -2.19. The summed E-state index contributed by atoms with van der Waals surface area (Å²) in [5.41, 5.74) is 1.38. The van der Waals surface area contributed by atoms with E-state index in [1.807, 2.05) is 60.7 Å². The van der Waals surface area contributed by atoms with Gasteiger partial charge in [0.25, 0.3) is 0 Å². The number of carbonyl (C=O) groups is 1. The lowest BCUT2D eigenvalue weighted by atomic mass is 9.98.